The first kappa shape index (κ1) is 15.7. The second-order valence-corrected chi connectivity index (χ2v) is 7.74. The number of carbonyl (C=O) groups is 2. The molecule has 2 amide bonds. The number of amides is 2. The molecule has 0 spiro atoms. The van der Waals surface area contributed by atoms with Gasteiger partial charge in [-0.15, -0.1) is 0 Å². The maximum Gasteiger partial charge on any atom is 0.227 e. The Balaban J connectivity index is 1.29. The summed E-state index contributed by atoms with van der Waals surface area (Å²) in [6.45, 7) is 1.47. The molecule has 2 aliphatic carbocycles. The molecule has 1 heterocycles. The molecular weight excluding hydrogens is 300 g/mol. The predicted octanol–water partition coefficient (Wildman–Crippen LogP) is 3.30. The van der Waals surface area contributed by atoms with E-state index in [9.17, 15) is 9.59 Å². The van der Waals surface area contributed by atoms with Crippen LogP contribution >= 0.6 is 0 Å². The SMILES string of the molecule is O=C(Nc1ccccc1)C1CCN(C(=O)C2CC3CCC2C3)CC1. The molecule has 1 aliphatic heterocycles. The third kappa shape index (κ3) is 3.06. The molecule has 3 fully saturated rings. The summed E-state index contributed by atoms with van der Waals surface area (Å²) in [6.07, 6.45) is 6.52. The van der Waals surface area contributed by atoms with E-state index in [2.05, 4.69) is 5.32 Å². The van der Waals surface area contributed by atoms with Crippen LogP contribution in [0.3, 0.4) is 0 Å². The number of anilines is 1. The Morgan fingerprint density at radius 3 is 2.33 bits per heavy atom. The lowest BCUT2D eigenvalue weighted by Gasteiger charge is -2.34. The monoisotopic (exact) mass is 326 g/mol. The van der Waals surface area contributed by atoms with Crippen LogP contribution in [0.1, 0.15) is 38.5 Å². The van der Waals surface area contributed by atoms with E-state index >= 15 is 0 Å². The first-order valence-electron chi connectivity index (χ1n) is 9.35. The van der Waals surface area contributed by atoms with Crippen LogP contribution in [-0.2, 0) is 9.59 Å². The Morgan fingerprint density at radius 1 is 0.958 bits per heavy atom. The number of para-hydroxylation sites is 1. The van der Waals surface area contributed by atoms with Crippen LogP contribution in [0.25, 0.3) is 0 Å². The summed E-state index contributed by atoms with van der Waals surface area (Å²) in [5.41, 5.74) is 0.850. The van der Waals surface area contributed by atoms with E-state index in [1.54, 1.807) is 0 Å². The molecule has 1 saturated heterocycles. The van der Waals surface area contributed by atoms with Crippen molar-refractivity contribution in [3.8, 4) is 0 Å². The Hall–Kier alpha value is -1.84. The topological polar surface area (TPSA) is 49.4 Å². The largest absolute Gasteiger partial charge is 0.342 e. The van der Waals surface area contributed by atoms with Gasteiger partial charge in [-0.3, -0.25) is 9.59 Å². The molecule has 3 unspecified atom stereocenters. The molecule has 4 heteroatoms. The first-order chi connectivity index (χ1) is 11.7. The number of likely N-dealkylation sites (tertiary alicyclic amines) is 1. The van der Waals surface area contributed by atoms with Crippen LogP contribution in [0.2, 0.25) is 0 Å². The molecule has 4 rings (SSSR count). The Bertz CT molecular complexity index is 607. The van der Waals surface area contributed by atoms with Gasteiger partial charge in [0.05, 0.1) is 0 Å². The molecule has 0 radical (unpaired) electrons. The minimum Gasteiger partial charge on any atom is -0.342 e. The maximum absolute atomic E-state index is 12.8. The van der Waals surface area contributed by atoms with Gasteiger partial charge in [-0.2, -0.15) is 0 Å². The van der Waals surface area contributed by atoms with Crippen LogP contribution in [0.15, 0.2) is 30.3 Å². The lowest BCUT2D eigenvalue weighted by atomic mass is 9.86. The quantitative estimate of drug-likeness (QED) is 0.926. The van der Waals surface area contributed by atoms with Crippen molar-refractivity contribution in [3.05, 3.63) is 30.3 Å². The second-order valence-electron chi connectivity index (χ2n) is 7.74. The van der Waals surface area contributed by atoms with Gasteiger partial charge in [0.2, 0.25) is 11.8 Å². The van der Waals surface area contributed by atoms with Crippen molar-refractivity contribution in [2.45, 2.75) is 38.5 Å². The van der Waals surface area contributed by atoms with E-state index in [1.807, 2.05) is 35.2 Å². The zero-order chi connectivity index (χ0) is 16.5. The number of nitrogens with one attached hydrogen (secondary N) is 1. The molecule has 4 nitrogen and oxygen atoms in total. The average Bonchev–Trinajstić information content (AvgIpc) is 3.25. The fraction of sp³-hybridized carbons (Fsp3) is 0.600. The molecule has 24 heavy (non-hydrogen) atoms. The van der Waals surface area contributed by atoms with Gasteiger partial charge >= 0.3 is 0 Å². The van der Waals surface area contributed by atoms with Crippen molar-refractivity contribution in [1.82, 2.24) is 4.90 Å². The highest BCUT2D eigenvalue weighted by atomic mass is 16.2. The smallest absolute Gasteiger partial charge is 0.227 e. The summed E-state index contributed by atoms with van der Waals surface area (Å²) in [5, 5.41) is 2.99. The highest BCUT2D eigenvalue weighted by molar-refractivity contribution is 5.92. The van der Waals surface area contributed by atoms with E-state index in [-0.39, 0.29) is 17.7 Å². The van der Waals surface area contributed by atoms with E-state index in [0.29, 0.717) is 11.8 Å². The fourth-order valence-corrected chi connectivity index (χ4v) is 4.91. The second kappa shape index (κ2) is 6.58. The average molecular weight is 326 g/mol. The molecule has 0 aromatic heterocycles. The van der Waals surface area contributed by atoms with Gasteiger partial charge in [-0.05, 0) is 56.1 Å². The summed E-state index contributed by atoms with van der Waals surface area (Å²) in [5.74, 6) is 2.20. The summed E-state index contributed by atoms with van der Waals surface area (Å²) < 4.78 is 0. The molecule has 1 aromatic carbocycles. The van der Waals surface area contributed by atoms with Crippen molar-refractivity contribution in [2.75, 3.05) is 18.4 Å². The van der Waals surface area contributed by atoms with Gasteiger partial charge in [0, 0.05) is 30.6 Å². The molecule has 128 valence electrons. The normalized spacial score (nSPS) is 29.7. The van der Waals surface area contributed by atoms with Gasteiger partial charge in [0.25, 0.3) is 0 Å². The highest BCUT2D eigenvalue weighted by Gasteiger charge is 2.44. The fourth-order valence-electron chi connectivity index (χ4n) is 4.91. The van der Waals surface area contributed by atoms with Crippen LogP contribution in [0.4, 0.5) is 5.69 Å². The van der Waals surface area contributed by atoms with Gasteiger partial charge in [-0.1, -0.05) is 24.6 Å². The van der Waals surface area contributed by atoms with Crippen LogP contribution in [0.5, 0.6) is 0 Å². The van der Waals surface area contributed by atoms with Gasteiger partial charge in [-0.25, -0.2) is 0 Å². The molecule has 3 atom stereocenters. The number of hydrogen-bond acceptors (Lipinski definition) is 2. The summed E-state index contributed by atoms with van der Waals surface area (Å²) >= 11 is 0. The van der Waals surface area contributed by atoms with Crippen LogP contribution in [0, 0.1) is 23.7 Å². The third-order valence-electron chi connectivity index (χ3n) is 6.27. The molecule has 1 aromatic rings. The number of rotatable bonds is 3. The van der Waals surface area contributed by atoms with Crippen molar-refractivity contribution >= 4 is 17.5 Å². The number of hydrogen-bond donors (Lipinski definition) is 1. The molecule has 3 aliphatic rings. The van der Waals surface area contributed by atoms with E-state index < -0.39 is 0 Å². The van der Waals surface area contributed by atoms with E-state index in [1.165, 1.54) is 19.3 Å². The summed E-state index contributed by atoms with van der Waals surface area (Å²) in [7, 11) is 0. The number of nitrogens with zero attached hydrogens (tertiary/aromatic N) is 1. The van der Waals surface area contributed by atoms with Crippen molar-refractivity contribution in [2.24, 2.45) is 23.7 Å². The Labute approximate surface area is 143 Å². The predicted molar refractivity (Wildman–Crippen MR) is 93.3 cm³/mol. The summed E-state index contributed by atoms with van der Waals surface area (Å²) in [4.78, 5) is 27.2. The number of benzene rings is 1. The minimum absolute atomic E-state index is 0.0225. The van der Waals surface area contributed by atoms with Crippen molar-refractivity contribution in [1.29, 1.82) is 0 Å². The van der Waals surface area contributed by atoms with Crippen LogP contribution in [-0.4, -0.2) is 29.8 Å². The van der Waals surface area contributed by atoms with Gasteiger partial charge in [0.15, 0.2) is 0 Å². The molecular formula is C20H26N2O2. The molecule has 2 saturated carbocycles. The minimum atomic E-state index is 0.0225. The lowest BCUT2D eigenvalue weighted by Crippen LogP contribution is -2.44. The first-order valence-corrected chi connectivity index (χ1v) is 9.35. The van der Waals surface area contributed by atoms with Crippen molar-refractivity contribution < 1.29 is 9.59 Å². The molecule has 1 N–H and O–H groups in total. The lowest BCUT2D eigenvalue weighted by molar-refractivity contribution is -0.140. The molecule has 2 bridgehead atoms. The zero-order valence-electron chi connectivity index (χ0n) is 14.1. The third-order valence-corrected chi connectivity index (χ3v) is 6.27. The van der Waals surface area contributed by atoms with Crippen LogP contribution < -0.4 is 5.32 Å². The Morgan fingerprint density at radius 2 is 1.71 bits per heavy atom. The number of piperidine rings is 1. The zero-order valence-corrected chi connectivity index (χ0v) is 14.1. The van der Waals surface area contributed by atoms with E-state index in [0.717, 1.165) is 44.0 Å². The van der Waals surface area contributed by atoms with Gasteiger partial charge < -0.3 is 10.2 Å². The Kier molecular flexibility index (Phi) is 4.30. The number of fused-ring (bicyclic) bond motifs is 2. The van der Waals surface area contributed by atoms with Gasteiger partial charge in [0.1, 0.15) is 0 Å². The van der Waals surface area contributed by atoms with Crippen molar-refractivity contribution in [3.63, 3.8) is 0 Å². The standard InChI is InChI=1S/C20H26N2O2/c23-19(21-17-4-2-1-3-5-17)15-8-10-22(11-9-15)20(24)18-13-14-6-7-16(18)12-14/h1-5,14-16,18H,6-13H2,(H,21,23). The summed E-state index contributed by atoms with van der Waals surface area (Å²) in [6, 6.07) is 9.60. The van der Waals surface area contributed by atoms with E-state index in [4.69, 9.17) is 0 Å². The highest BCUT2D eigenvalue weighted by Crippen LogP contribution is 2.49. The maximum atomic E-state index is 12.8. The number of carbonyl (C=O) groups excluding carboxylic acids is 2.